The first kappa shape index (κ1) is 18.6. The van der Waals surface area contributed by atoms with Gasteiger partial charge >= 0.3 is 0 Å². The Labute approximate surface area is 156 Å². The molecule has 0 radical (unpaired) electrons. The van der Waals surface area contributed by atoms with Gasteiger partial charge in [-0.1, -0.05) is 11.6 Å². The number of halogens is 2. The van der Waals surface area contributed by atoms with Crippen LogP contribution in [0.2, 0.25) is 5.02 Å². The van der Waals surface area contributed by atoms with Crippen LogP contribution in [0.1, 0.15) is 15.2 Å². The molecule has 0 spiro atoms. The second-order valence-electron chi connectivity index (χ2n) is 4.63. The Kier molecular flexibility index (Phi) is 6.47. The highest BCUT2D eigenvalue weighted by Crippen LogP contribution is 2.36. The summed E-state index contributed by atoms with van der Waals surface area (Å²) in [6.45, 7) is 0.0594. The number of amides is 2. The van der Waals surface area contributed by atoms with Gasteiger partial charge in [0.15, 0.2) is 18.1 Å². The lowest BCUT2D eigenvalue weighted by molar-refractivity contribution is -0.119. The number of nitrogens with two attached hydrogens (primary N) is 1. The lowest BCUT2D eigenvalue weighted by atomic mass is 10.2. The van der Waals surface area contributed by atoms with Crippen molar-refractivity contribution in [3.05, 3.63) is 43.5 Å². The van der Waals surface area contributed by atoms with E-state index >= 15 is 0 Å². The van der Waals surface area contributed by atoms with Crippen molar-refractivity contribution in [1.29, 1.82) is 0 Å². The van der Waals surface area contributed by atoms with Crippen molar-refractivity contribution in [3.8, 4) is 11.5 Å². The number of benzene rings is 1. The highest BCUT2D eigenvalue weighted by Gasteiger charge is 2.16. The molecule has 0 aliphatic carbocycles. The molecule has 0 atom stereocenters. The van der Waals surface area contributed by atoms with E-state index in [1.165, 1.54) is 30.6 Å². The molecule has 1 aromatic heterocycles. The summed E-state index contributed by atoms with van der Waals surface area (Å²) in [4.78, 5) is 24.1. The average Bonchev–Trinajstić information content (AvgIpc) is 2.96. The predicted octanol–water partition coefficient (Wildman–Crippen LogP) is 2.97. The number of thiophene rings is 1. The second kappa shape index (κ2) is 8.36. The summed E-state index contributed by atoms with van der Waals surface area (Å²) in [6.07, 6.45) is 0. The number of primary amides is 1. The fourth-order valence-corrected chi connectivity index (χ4v) is 3.54. The maximum Gasteiger partial charge on any atom is 0.255 e. The maximum absolute atomic E-state index is 12.3. The molecular weight excluding hydrogens is 420 g/mol. The molecule has 0 fully saturated rings. The van der Waals surface area contributed by atoms with Gasteiger partial charge in [0.05, 0.1) is 22.5 Å². The van der Waals surface area contributed by atoms with Crippen molar-refractivity contribution < 1.29 is 19.1 Å². The molecular formula is C15H14BrClN2O4S. The quantitative estimate of drug-likeness (QED) is 0.702. The summed E-state index contributed by atoms with van der Waals surface area (Å²) in [5.41, 5.74) is 5.36. The molecule has 2 amide bonds. The van der Waals surface area contributed by atoms with E-state index in [9.17, 15) is 9.59 Å². The van der Waals surface area contributed by atoms with E-state index in [-0.39, 0.29) is 29.0 Å². The van der Waals surface area contributed by atoms with Gasteiger partial charge in [-0.3, -0.25) is 9.59 Å². The van der Waals surface area contributed by atoms with Gasteiger partial charge in [-0.25, -0.2) is 0 Å². The molecule has 24 heavy (non-hydrogen) atoms. The Hall–Kier alpha value is -1.77. The molecule has 128 valence electrons. The summed E-state index contributed by atoms with van der Waals surface area (Å²) in [5.74, 6) is -0.539. The van der Waals surface area contributed by atoms with E-state index in [1.54, 1.807) is 0 Å². The number of methoxy groups -OCH3 is 1. The lowest BCUT2D eigenvalue weighted by Crippen LogP contribution is -2.23. The minimum atomic E-state index is -0.642. The van der Waals surface area contributed by atoms with Crippen LogP contribution in [0.5, 0.6) is 11.5 Å². The van der Waals surface area contributed by atoms with E-state index < -0.39 is 5.91 Å². The van der Waals surface area contributed by atoms with Crippen LogP contribution in [0.3, 0.4) is 0 Å². The Morgan fingerprint density at radius 3 is 2.71 bits per heavy atom. The summed E-state index contributed by atoms with van der Waals surface area (Å²) >= 11 is 11.0. The molecule has 6 nitrogen and oxygen atoms in total. The zero-order chi connectivity index (χ0) is 17.7. The lowest BCUT2D eigenvalue weighted by Gasteiger charge is -2.13. The maximum atomic E-state index is 12.3. The summed E-state index contributed by atoms with van der Waals surface area (Å²) in [7, 11) is 1.41. The molecule has 3 N–H and O–H groups in total. The Morgan fingerprint density at radius 2 is 2.12 bits per heavy atom. The average molecular weight is 434 g/mol. The number of carbonyl (C=O) groups is 2. The highest BCUT2D eigenvalue weighted by molar-refractivity contribution is 9.11. The molecule has 9 heteroatoms. The first-order valence-corrected chi connectivity index (χ1v) is 8.70. The minimum absolute atomic E-state index is 0.152. The zero-order valence-electron chi connectivity index (χ0n) is 12.6. The Morgan fingerprint density at radius 1 is 1.38 bits per heavy atom. The predicted molar refractivity (Wildman–Crippen MR) is 95.9 cm³/mol. The van der Waals surface area contributed by atoms with Gasteiger partial charge in [0.25, 0.3) is 11.8 Å². The van der Waals surface area contributed by atoms with E-state index in [2.05, 4.69) is 21.2 Å². The van der Waals surface area contributed by atoms with Gasteiger partial charge in [0.2, 0.25) is 0 Å². The fourth-order valence-electron chi connectivity index (χ4n) is 1.85. The number of rotatable bonds is 7. The topological polar surface area (TPSA) is 90.7 Å². The van der Waals surface area contributed by atoms with Crippen LogP contribution in [0.25, 0.3) is 0 Å². The molecule has 0 unspecified atom stereocenters. The number of carbonyl (C=O) groups excluding carboxylic acids is 2. The van der Waals surface area contributed by atoms with Crippen LogP contribution in [0.4, 0.5) is 0 Å². The van der Waals surface area contributed by atoms with Gasteiger partial charge in [-0.05, 0) is 40.2 Å². The second-order valence-corrected chi connectivity index (χ2v) is 7.59. The number of hydrogen-bond acceptors (Lipinski definition) is 5. The molecule has 0 aliphatic heterocycles. The number of ether oxygens (including phenoxy) is 2. The van der Waals surface area contributed by atoms with Crippen LogP contribution in [0.15, 0.2) is 28.1 Å². The first-order valence-electron chi connectivity index (χ1n) is 6.71. The Bertz CT molecular complexity index is 766. The monoisotopic (exact) mass is 432 g/mol. The summed E-state index contributed by atoms with van der Waals surface area (Å²) in [5, 5.41) is 2.95. The molecule has 0 bridgehead atoms. The van der Waals surface area contributed by atoms with Crippen molar-refractivity contribution in [3.63, 3.8) is 0 Å². The van der Waals surface area contributed by atoms with Gasteiger partial charge < -0.3 is 20.5 Å². The highest BCUT2D eigenvalue weighted by atomic mass is 79.9. The van der Waals surface area contributed by atoms with Crippen molar-refractivity contribution in [1.82, 2.24) is 5.32 Å². The fraction of sp³-hybridized carbons (Fsp3) is 0.200. The molecule has 0 saturated carbocycles. The van der Waals surface area contributed by atoms with Gasteiger partial charge in [0, 0.05) is 10.4 Å². The van der Waals surface area contributed by atoms with Gasteiger partial charge in [-0.15, -0.1) is 11.3 Å². The van der Waals surface area contributed by atoms with E-state index in [0.29, 0.717) is 12.1 Å². The molecule has 2 aromatic rings. The van der Waals surface area contributed by atoms with Crippen LogP contribution >= 0.6 is 38.9 Å². The standard InChI is InChI=1S/C15H14BrClN2O4S/c1-22-11-5-8(4-10(17)14(11)23-7-13(18)20)15(21)19-6-9-2-3-12(16)24-9/h2-5H,6-7H2,1H3,(H2,18,20)(H,19,21). The number of nitrogens with one attached hydrogen (secondary N) is 1. The first-order chi connectivity index (χ1) is 11.4. The van der Waals surface area contributed by atoms with Crippen molar-refractivity contribution in [2.75, 3.05) is 13.7 Å². The van der Waals surface area contributed by atoms with Gasteiger partial charge in [0.1, 0.15) is 0 Å². The van der Waals surface area contributed by atoms with E-state index in [1.807, 2.05) is 12.1 Å². The molecule has 2 rings (SSSR count). The molecule has 0 saturated heterocycles. The summed E-state index contributed by atoms with van der Waals surface area (Å²) < 4.78 is 11.4. The normalized spacial score (nSPS) is 10.3. The molecule has 0 aliphatic rings. The van der Waals surface area contributed by atoms with Gasteiger partial charge in [-0.2, -0.15) is 0 Å². The number of hydrogen-bond donors (Lipinski definition) is 2. The smallest absolute Gasteiger partial charge is 0.255 e. The third-order valence-corrected chi connectivity index (χ3v) is 4.81. The van der Waals surface area contributed by atoms with Crippen molar-refractivity contribution in [2.45, 2.75) is 6.54 Å². The zero-order valence-corrected chi connectivity index (χ0v) is 15.8. The SMILES string of the molecule is COc1cc(C(=O)NCc2ccc(Br)s2)cc(Cl)c1OCC(N)=O. The summed E-state index contributed by atoms with van der Waals surface area (Å²) in [6, 6.07) is 6.77. The van der Waals surface area contributed by atoms with Crippen LogP contribution < -0.4 is 20.5 Å². The third kappa shape index (κ3) is 4.86. The molecule has 1 aromatic carbocycles. The van der Waals surface area contributed by atoms with Crippen molar-refractivity contribution >= 4 is 50.7 Å². The van der Waals surface area contributed by atoms with Crippen LogP contribution in [-0.2, 0) is 11.3 Å². The largest absolute Gasteiger partial charge is 0.493 e. The van der Waals surface area contributed by atoms with Crippen molar-refractivity contribution in [2.24, 2.45) is 5.73 Å². The van der Waals surface area contributed by atoms with E-state index in [0.717, 1.165) is 8.66 Å². The van der Waals surface area contributed by atoms with Crippen LogP contribution in [0, 0.1) is 0 Å². The van der Waals surface area contributed by atoms with Crippen LogP contribution in [-0.4, -0.2) is 25.5 Å². The third-order valence-electron chi connectivity index (χ3n) is 2.90. The Balaban J connectivity index is 2.13. The molecule has 1 heterocycles. The minimum Gasteiger partial charge on any atom is -0.493 e. The van der Waals surface area contributed by atoms with E-state index in [4.69, 9.17) is 26.8 Å².